The molecule has 4 rings (SSSR count). The number of alkyl halides is 3. The van der Waals surface area contributed by atoms with Crippen molar-refractivity contribution in [2.24, 2.45) is 0 Å². The summed E-state index contributed by atoms with van der Waals surface area (Å²) in [6.07, 6.45) is -3.68. The zero-order valence-corrected chi connectivity index (χ0v) is 18.7. The molecule has 0 unspecified atom stereocenters. The summed E-state index contributed by atoms with van der Waals surface area (Å²) in [5, 5.41) is 0. The molecule has 0 aliphatic carbocycles. The maximum atomic E-state index is 13.4. The van der Waals surface area contributed by atoms with Crippen molar-refractivity contribution in [3.63, 3.8) is 0 Å². The highest BCUT2D eigenvalue weighted by atomic mass is 32.2. The number of amides is 1. The molecule has 0 bridgehead atoms. The molecule has 34 heavy (non-hydrogen) atoms. The van der Waals surface area contributed by atoms with E-state index in [4.69, 9.17) is 4.74 Å². The largest absolute Gasteiger partial charge is 0.451 e. The highest BCUT2D eigenvalue weighted by Crippen LogP contribution is 2.29. The van der Waals surface area contributed by atoms with Gasteiger partial charge in [-0.3, -0.25) is 4.79 Å². The highest BCUT2D eigenvalue weighted by molar-refractivity contribution is 7.90. The zero-order chi connectivity index (χ0) is 24.5. The van der Waals surface area contributed by atoms with Crippen LogP contribution in [0.3, 0.4) is 0 Å². The molecule has 0 atom stereocenters. The smallest absolute Gasteiger partial charge is 0.424 e. The second-order valence-corrected chi connectivity index (χ2v) is 9.73. The molecule has 8 nitrogen and oxygen atoms in total. The van der Waals surface area contributed by atoms with Gasteiger partial charge in [-0.25, -0.2) is 13.4 Å². The fraction of sp³-hybridized carbons (Fsp3) is 0.273. The van der Waals surface area contributed by atoms with Crippen LogP contribution in [0.4, 0.5) is 13.2 Å². The van der Waals surface area contributed by atoms with Crippen LogP contribution in [0.5, 0.6) is 11.8 Å². The van der Waals surface area contributed by atoms with E-state index in [0.717, 1.165) is 17.4 Å². The average molecular weight is 492 g/mol. The van der Waals surface area contributed by atoms with Crippen LogP contribution in [-0.2, 0) is 40.2 Å². The first-order chi connectivity index (χ1) is 16.0. The molecule has 0 spiro atoms. The van der Waals surface area contributed by atoms with Crippen molar-refractivity contribution in [3.8, 4) is 11.8 Å². The summed E-state index contributed by atoms with van der Waals surface area (Å²) in [6, 6.07) is 12.0. The van der Waals surface area contributed by atoms with Crippen LogP contribution in [0.25, 0.3) is 0 Å². The van der Waals surface area contributed by atoms with E-state index in [9.17, 15) is 26.4 Å². The lowest BCUT2D eigenvalue weighted by Gasteiger charge is -2.28. The van der Waals surface area contributed by atoms with E-state index in [0.29, 0.717) is 19.5 Å². The number of hydrogen-bond acceptors (Lipinski definition) is 7. The number of rotatable bonds is 5. The number of aromatic nitrogens is 3. The van der Waals surface area contributed by atoms with Gasteiger partial charge in [-0.05, 0) is 41.8 Å². The van der Waals surface area contributed by atoms with E-state index in [-0.39, 0.29) is 16.5 Å². The second-order valence-electron chi connectivity index (χ2n) is 7.71. The van der Waals surface area contributed by atoms with Crippen molar-refractivity contribution in [2.75, 3.05) is 12.8 Å². The number of halogens is 3. The summed E-state index contributed by atoms with van der Waals surface area (Å²) < 4.78 is 68.5. The summed E-state index contributed by atoms with van der Waals surface area (Å²) in [7, 11) is -3.46. The number of hydrogen-bond donors (Lipinski definition) is 0. The maximum absolute atomic E-state index is 13.4. The minimum atomic E-state index is -4.89. The van der Waals surface area contributed by atoms with Crippen molar-refractivity contribution in [2.45, 2.75) is 30.5 Å². The topological polar surface area (TPSA) is 102 Å². The van der Waals surface area contributed by atoms with Gasteiger partial charge in [0.05, 0.1) is 11.3 Å². The monoisotopic (exact) mass is 492 g/mol. The molecule has 12 heteroatoms. The van der Waals surface area contributed by atoms with Crippen LogP contribution in [0, 0.1) is 0 Å². The quantitative estimate of drug-likeness (QED) is 0.539. The van der Waals surface area contributed by atoms with Gasteiger partial charge >= 0.3 is 12.2 Å². The van der Waals surface area contributed by atoms with E-state index < -0.39 is 40.2 Å². The van der Waals surface area contributed by atoms with Crippen molar-refractivity contribution >= 4 is 15.7 Å². The molecule has 1 amide bonds. The number of nitrogens with zero attached hydrogens (tertiary/aromatic N) is 4. The van der Waals surface area contributed by atoms with Crippen LogP contribution in [0.15, 0.2) is 53.4 Å². The number of benzene rings is 2. The van der Waals surface area contributed by atoms with E-state index in [2.05, 4.69) is 15.0 Å². The molecule has 0 saturated carbocycles. The van der Waals surface area contributed by atoms with Gasteiger partial charge in [0.1, 0.15) is 11.6 Å². The molecule has 178 valence electrons. The summed E-state index contributed by atoms with van der Waals surface area (Å²) >= 11 is 0. The van der Waals surface area contributed by atoms with Crippen molar-refractivity contribution in [1.82, 2.24) is 19.9 Å². The van der Waals surface area contributed by atoms with Gasteiger partial charge in [-0.15, -0.1) is 0 Å². The van der Waals surface area contributed by atoms with Crippen molar-refractivity contribution in [1.29, 1.82) is 0 Å². The molecule has 2 heterocycles. The Morgan fingerprint density at radius 3 is 2.35 bits per heavy atom. The molecule has 2 aromatic carbocycles. The fourth-order valence-electron chi connectivity index (χ4n) is 3.47. The SMILES string of the molecule is CS(=O)(=O)c1ccc(Oc2nc(CC(=O)N3CCc4ccccc4C3)nc(C(F)(F)F)n2)cc1. The van der Waals surface area contributed by atoms with Crippen LogP contribution in [0.2, 0.25) is 0 Å². The first kappa shape index (κ1) is 23.6. The third kappa shape index (κ3) is 5.50. The predicted molar refractivity (Wildman–Crippen MR) is 114 cm³/mol. The Kier molecular flexibility index (Phi) is 6.26. The van der Waals surface area contributed by atoms with Gasteiger partial charge in [0.25, 0.3) is 0 Å². The van der Waals surface area contributed by atoms with Crippen LogP contribution < -0.4 is 4.74 Å². The van der Waals surface area contributed by atoms with Crippen LogP contribution >= 0.6 is 0 Å². The summed E-state index contributed by atoms with van der Waals surface area (Å²) in [4.78, 5) is 25.0. The fourth-order valence-corrected chi connectivity index (χ4v) is 4.10. The van der Waals surface area contributed by atoms with Crippen LogP contribution in [-0.4, -0.2) is 47.0 Å². The summed E-state index contributed by atoms with van der Waals surface area (Å²) in [5.41, 5.74) is 2.11. The van der Waals surface area contributed by atoms with E-state index in [1.165, 1.54) is 24.3 Å². The van der Waals surface area contributed by atoms with Crippen molar-refractivity contribution in [3.05, 3.63) is 71.3 Å². The maximum Gasteiger partial charge on any atom is 0.451 e. The molecular weight excluding hydrogens is 473 g/mol. The molecular formula is C22H19F3N4O4S. The Morgan fingerprint density at radius 2 is 1.71 bits per heavy atom. The molecule has 3 aromatic rings. The summed E-state index contributed by atoms with van der Waals surface area (Å²) in [5.74, 6) is -2.26. The average Bonchev–Trinajstić information content (AvgIpc) is 2.78. The number of carbonyl (C=O) groups excluding carboxylic acids is 1. The third-order valence-electron chi connectivity index (χ3n) is 5.17. The van der Waals surface area contributed by atoms with Gasteiger partial charge in [0.15, 0.2) is 9.84 Å². The number of fused-ring (bicyclic) bond motifs is 1. The lowest BCUT2D eigenvalue weighted by Crippen LogP contribution is -2.37. The van der Waals surface area contributed by atoms with Gasteiger partial charge in [0, 0.05) is 19.3 Å². The first-order valence-corrected chi connectivity index (χ1v) is 12.0. The number of sulfone groups is 1. The lowest BCUT2D eigenvalue weighted by molar-refractivity contribution is -0.145. The lowest BCUT2D eigenvalue weighted by atomic mass is 10.00. The van der Waals surface area contributed by atoms with Gasteiger partial charge < -0.3 is 9.64 Å². The standard InChI is InChI=1S/C22H19F3N4O4S/c1-34(31,32)17-8-6-16(7-9-17)33-21-27-18(26-20(28-21)22(23,24)25)12-19(30)29-11-10-14-4-2-3-5-15(14)13-29/h2-9H,10-13H2,1H3. The molecule has 1 aliphatic heterocycles. The Morgan fingerprint density at radius 1 is 1.03 bits per heavy atom. The Labute approximate surface area is 193 Å². The molecule has 0 saturated heterocycles. The van der Waals surface area contributed by atoms with Gasteiger partial charge in [-0.1, -0.05) is 24.3 Å². The highest BCUT2D eigenvalue weighted by Gasteiger charge is 2.36. The van der Waals surface area contributed by atoms with Gasteiger partial charge in [0.2, 0.25) is 11.7 Å². The first-order valence-electron chi connectivity index (χ1n) is 10.1. The van der Waals surface area contributed by atoms with E-state index in [1.54, 1.807) is 4.90 Å². The molecule has 0 radical (unpaired) electrons. The zero-order valence-electron chi connectivity index (χ0n) is 17.9. The van der Waals surface area contributed by atoms with Crippen LogP contribution in [0.1, 0.15) is 22.8 Å². The predicted octanol–water partition coefficient (Wildman–Crippen LogP) is 3.21. The molecule has 0 fully saturated rings. The van der Waals surface area contributed by atoms with E-state index in [1.807, 2.05) is 24.3 Å². The third-order valence-corrected chi connectivity index (χ3v) is 6.30. The molecule has 0 N–H and O–H groups in total. The Bertz CT molecular complexity index is 1330. The minimum Gasteiger partial charge on any atom is -0.424 e. The van der Waals surface area contributed by atoms with Crippen molar-refractivity contribution < 1.29 is 31.1 Å². The van der Waals surface area contributed by atoms with Gasteiger partial charge in [-0.2, -0.15) is 23.1 Å². The number of ether oxygens (including phenoxy) is 1. The second kappa shape index (κ2) is 9.01. The Hall–Kier alpha value is -3.54. The van der Waals surface area contributed by atoms with E-state index >= 15 is 0 Å². The Balaban J connectivity index is 1.55. The summed E-state index contributed by atoms with van der Waals surface area (Å²) in [6.45, 7) is 0.783. The number of carbonyl (C=O) groups is 1. The molecule has 1 aromatic heterocycles. The minimum absolute atomic E-state index is 0.0147. The molecule has 1 aliphatic rings. The normalized spacial score (nSPS) is 13.9.